The summed E-state index contributed by atoms with van der Waals surface area (Å²) < 4.78 is 6.74. The molecule has 0 atom stereocenters. The Kier molecular flexibility index (Phi) is 3.20. The first-order valence-corrected chi connectivity index (χ1v) is 7.85. The van der Waals surface area contributed by atoms with Crippen LogP contribution in [0.2, 0.25) is 0 Å². The normalized spacial score (nSPS) is 11.0. The maximum absolute atomic E-state index is 12.4. The van der Waals surface area contributed by atoms with Gasteiger partial charge < -0.3 is 9.84 Å². The molecule has 0 aliphatic rings. The van der Waals surface area contributed by atoms with Crippen molar-refractivity contribution in [1.82, 2.24) is 14.5 Å². The van der Waals surface area contributed by atoms with Crippen LogP contribution in [0.1, 0.15) is 16.2 Å². The van der Waals surface area contributed by atoms with Crippen LogP contribution in [0.15, 0.2) is 52.5 Å². The summed E-state index contributed by atoms with van der Waals surface area (Å²) in [5.41, 5.74) is 2.37. The molecule has 6 nitrogen and oxygen atoms in total. The number of aryl methyl sites for hydroxylation is 1. The van der Waals surface area contributed by atoms with Gasteiger partial charge in [0.1, 0.15) is 11.5 Å². The third kappa shape index (κ3) is 2.51. The van der Waals surface area contributed by atoms with Gasteiger partial charge in [-0.25, -0.2) is 4.98 Å². The molecule has 1 N–H and O–H groups in total. The highest BCUT2D eigenvalue weighted by molar-refractivity contribution is 7.15. The molecule has 0 spiro atoms. The predicted octanol–water partition coefficient (Wildman–Crippen LogP) is 3.61. The number of carbonyl (C=O) groups excluding carboxylic acids is 1. The van der Waals surface area contributed by atoms with Crippen molar-refractivity contribution < 1.29 is 9.32 Å². The number of thiazole rings is 1. The Hall–Kier alpha value is -2.93. The van der Waals surface area contributed by atoms with Crippen molar-refractivity contribution in [2.24, 2.45) is 0 Å². The van der Waals surface area contributed by atoms with E-state index in [0.29, 0.717) is 17.3 Å². The van der Waals surface area contributed by atoms with Crippen LogP contribution in [-0.2, 0) is 0 Å². The minimum Gasteiger partial charge on any atom is -0.360 e. The van der Waals surface area contributed by atoms with Crippen LogP contribution in [0.5, 0.6) is 0 Å². The molecule has 1 amide bonds. The fourth-order valence-electron chi connectivity index (χ4n) is 2.30. The van der Waals surface area contributed by atoms with Crippen LogP contribution in [-0.4, -0.2) is 20.4 Å². The van der Waals surface area contributed by atoms with E-state index in [1.54, 1.807) is 22.8 Å². The van der Waals surface area contributed by atoms with Gasteiger partial charge in [-0.2, -0.15) is 0 Å². The van der Waals surface area contributed by atoms with E-state index in [1.165, 1.54) is 11.3 Å². The second-order valence-electron chi connectivity index (χ2n) is 5.04. The molecule has 0 unspecified atom stereocenters. The third-order valence-corrected chi connectivity index (χ3v) is 4.22. The SMILES string of the molecule is Cc1cc(NC(=O)c2csc3nc(-c4ccccc4)cn23)no1. The van der Waals surface area contributed by atoms with Crippen LogP contribution in [0.25, 0.3) is 16.2 Å². The van der Waals surface area contributed by atoms with Crippen LogP contribution in [0, 0.1) is 6.92 Å². The average Bonchev–Trinajstić information content (AvgIpc) is 3.23. The molecule has 1 aromatic carbocycles. The van der Waals surface area contributed by atoms with Crippen molar-refractivity contribution in [2.75, 3.05) is 5.32 Å². The lowest BCUT2D eigenvalue weighted by Crippen LogP contribution is -2.13. The molecule has 0 aliphatic carbocycles. The second-order valence-corrected chi connectivity index (χ2v) is 5.88. The van der Waals surface area contributed by atoms with Gasteiger partial charge in [0.25, 0.3) is 5.91 Å². The summed E-state index contributed by atoms with van der Waals surface area (Å²) in [5, 5.41) is 8.27. The lowest BCUT2D eigenvalue weighted by Gasteiger charge is -1.99. The Morgan fingerprint density at radius 2 is 2.13 bits per heavy atom. The molecule has 114 valence electrons. The van der Waals surface area contributed by atoms with Gasteiger partial charge in [0, 0.05) is 23.2 Å². The largest absolute Gasteiger partial charge is 0.360 e. The molecule has 0 saturated heterocycles. The average molecular weight is 324 g/mol. The van der Waals surface area contributed by atoms with E-state index >= 15 is 0 Å². The van der Waals surface area contributed by atoms with Gasteiger partial charge in [0.2, 0.25) is 0 Å². The third-order valence-electron chi connectivity index (χ3n) is 3.38. The lowest BCUT2D eigenvalue weighted by molar-refractivity contribution is 0.102. The second kappa shape index (κ2) is 5.36. The number of fused-ring (bicyclic) bond motifs is 1. The molecule has 7 heteroatoms. The molecule has 0 fully saturated rings. The highest BCUT2D eigenvalue weighted by Gasteiger charge is 2.16. The van der Waals surface area contributed by atoms with Gasteiger partial charge >= 0.3 is 0 Å². The van der Waals surface area contributed by atoms with E-state index in [1.807, 2.05) is 36.5 Å². The maximum atomic E-state index is 12.4. The van der Waals surface area contributed by atoms with Gasteiger partial charge in [-0.1, -0.05) is 35.5 Å². The van der Waals surface area contributed by atoms with Crippen LogP contribution < -0.4 is 5.32 Å². The molecule has 0 saturated carbocycles. The highest BCUT2D eigenvalue weighted by Crippen LogP contribution is 2.24. The number of benzene rings is 1. The van der Waals surface area contributed by atoms with Gasteiger partial charge in [0.05, 0.1) is 5.69 Å². The first kappa shape index (κ1) is 13.7. The van der Waals surface area contributed by atoms with Gasteiger partial charge in [-0.05, 0) is 6.92 Å². The summed E-state index contributed by atoms with van der Waals surface area (Å²) in [6.45, 7) is 1.77. The van der Waals surface area contributed by atoms with Gasteiger partial charge in [0.15, 0.2) is 10.8 Å². The monoisotopic (exact) mass is 324 g/mol. The van der Waals surface area contributed by atoms with Crippen molar-refractivity contribution in [3.05, 3.63) is 59.4 Å². The fourth-order valence-corrected chi connectivity index (χ4v) is 3.15. The van der Waals surface area contributed by atoms with Crippen LogP contribution >= 0.6 is 11.3 Å². The Morgan fingerprint density at radius 1 is 1.30 bits per heavy atom. The molecular formula is C16H12N4O2S. The van der Waals surface area contributed by atoms with Gasteiger partial charge in [-0.3, -0.25) is 9.20 Å². The number of anilines is 1. The molecular weight excluding hydrogens is 312 g/mol. The number of rotatable bonds is 3. The summed E-state index contributed by atoms with van der Waals surface area (Å²) >= 11 is 1.42. The van der Waals surface area contributed by atoms with Gasteiger partial charge in [-0.15, -0.1) is 11.3 Å². The van der Waals surface area contributed by atoms with Crippen molar-refractivity contribution in [3.63, 3.8) is 0 Å². The number of hydrogen-bond donors (Lipinski definition) is 1. The minimum atomic E-state index is -0.249. The number of hydrogen-bond acceptors (Lipinski definition) is 5. The summed E-state index contributed by atoms with van der Waals surface area (Å²) in [4.78, 5) is 17.7. The maximum Gasteiger partial charge on any atom is 0.274 e. The van der Waals surface area contributed by atoms with Crippen molar-refractivity contribution in [2.45, 2.75) is 6.92 Å². The highest BCUT2D eigenvalue weighted by atomic mass is 32.1. The van der Waals surface area contributed by atoms with E-state index in [-0.39, 0.29) is 5.91 Å². The first-order chi connectivity index (χ1) is 11.2. The Morgan fingerprint density at radius 3 is 2.87 bits per heavy atom. The van der Waals surface area contributed by atoms with Crippen LogP contribution in [0.4, 0.5) is 5.82 Å². The smallest absolute Gasteiger partial charge is 0.274 e. The summed E-state index contributed by atoms with van der Waals surface area (Å²) in [5.74, 6) is 0.793. The van der Waals surface area contributed by atoms with Crippen molar-refractivity contribution in [3.8, 4) is 11.3 Å². The number of carbonyl (C=O) groups is 1. The Bertz CT molecular complexity index is 984. The number of nitrogens with zero attached hydrogens (tertiary/aromatic N) is 3. The van der Waals surface area contributed by atoms with E-state index in [2.05, 4.69) is 15.5 Å². The van der Waals surface area contributed by atoms with E-state index in [4.69, 9.17) is 4.52 Å². The first-order valence-electron chi connectivity index (χ1n) is 6.97. The summed E-state index contributed by atoms with van der Waals surface area (Å²) in [7, 11) is 0. The molecule has 0 radical (unpaired) electrons. The number of amides is 1. The number of aromatic nitrogens is 3. The van der Waals surface area contributed by atoms with E-state index in [9.17, 15) is 4.79 Å². The standard InChI is InChI=1S/C16H12N4O2S/c1-10-7-14(19-22-10)18-15(21)13-9-23-16-17-12(8-20(13)16)11-5-3-2-4-6-11/h2-9H,1H3,(H,18,19,21). The zero-order chi connectivity index (χ0) is 15.8. The molecule has 0 aliphatic heterocycles. The summed E-state index contributed by atoms with van der Waals surface area (Å²) in [6.07, 6.45) is 1.87. The zero-order valence-electron chi connectivity index (χ0n) is 12.2. The quantitative estimate of drug-likeness (QED) is 0.625. The fraction of sp³-hybridized carbons (Fsp3) is 0.0625. The molecule has 4 rings (SSSR count). The Labute approximate surface area is 135 Å². The lowest BCUT2D eigenvalue weighted by atomic mass is 10.2. The topological polar surface area (TPSA) is 72.4 Å². The molecule has 3 heterocycles. The molecule has 23 heavy (non-hydrogen) atoms. The van der Waals surface area contributed by atoms with Crippen LogP contribution in [0.3, 0.4) is 0 Å². The van der Waals surface area contributed by atoms with Crippen molar-refractivity contribution in [1.29, 1.82) is 0 Å². The van der Waals surface area contributed by atoms with E-state index < -0.39 is 0 Å². The van der Waals surface area contributed by atoms with E-state index in [0.717, 1.165) is 16.2 Å². The molecule has 0 bridgehead atoms. The molecule has 4 aromatic rings. The van der Waals surface area contributed by atoms with Crippen molar-refractivity contribution >= 4 is 28.0 Å². The Balaban J connectivity index is 1.68. The zero-order valence-corrected chi connectivity index (χ0v) is 13.0. The predicted molar refractivity (Wildman–Crippen MR) is 87.7 cm³/mol. The summed E-state index contributed by atoms with van der Waals surface area (Å²) in [6, 6.07) is 11.5. The number of imidazole rings is 1. The minimum absolute atomic E-state index is 0.249. The molecule has 3 aromatic heterocycles. The number of nitrogens with one attached hydrogen (secondary N) is 1.